The van der Waals surface area contributed by atoms with Crippen LogP contribution in [-0.2, 0) is 15.6 Å². The van der Waals surface area contributed by atoms with Crippen LogP contribution in [0.15, 0.2) is 267 Å². The first-order valence-corrected chi connectivity index (χ1v) is 31.8. The molecule has 10 nitrogen and oxygen atoms in total. The van der Waals surface area contributed by atoms with Gasteiger partial charge in [-0.1, -0.05) is 88.4 Å². The lowest BCUT2D eigenvalue weighted by molar-refractivity contribution is 0.234. The van der Waals surface area contributed by atoms with Gasteiger partial charge in [0.1, 0.15) is 28.7 Å². The largest absolute Gasteiger partial charge is 0.497 e. The molecule has 11 aromatic carbocycles. The number of allylic oxidation sites excluding steroid dienone is 2. The van der Waals surface area contributed by atoms with E-state index >= 15 is 0 Å². The highest BCUT2D eigenvalue weighted by molar-refractivity contribution is 5.91. The Labute approximate surface area is 553 Å². The van der Waals surface area contributed by atoms with Crippen molar-refractivity contribution in [2.45, 2.75) is 45.4 Å². The van der Waals surface area contributed by atoms with Gasteiger partial charge in [-0.25, -0.2) is 0 Å². The first-order valence-electron chi connectivity index (χ1n) is 31.8. The van der Waals surface area contributed by atoms with E-state index in [9.17, 15) is 0 Å². The predicted molar refractivity (Wildman–Crippen MR) is 387 cm³/mol. The summed E-state index contributed by atoms with van der Waals surface area (Å²) in [7, 11) is 10.2. The van der Waals surface area contributed by atoms with Crippen molar-refractivity contribution in [3.8, 4) is 62.1 Å². The fraction of sp³-hybridized carbons (Fsp3) is 0.167. The molecule has 0 aliphatic heterocycles. The zero-order valence-corrected chi connectivity index (χ0v) is 55.3. The summed E-state index contributed by atoms with van der Waals surface area (Å²) in [5.41, 5.74) is 24.0. The maximum atomic E-state index is 5.67. The molecule has 2 aliphatic carbocycles. The number of anilines is 11. The number of methoxy groups -OCH3 is 6. The Morgan fingerprint density at radius 3 is 0.819 bits per heavy atom. The summed E-state index contributed by atoms with van der Waals surface area (Å²) in [5.74, 6) is 4.02. The topological polar surface area (TPSA) is 68.3 Å². The lowest BCUT2D eigenvalue weighted by atomic mass is 9.82. The van der Waals surface area contributed by atoms with Gasteiger partial charge in [-0.15, -0.1) is 0 Å². The molecule has 0 amide bonds. The first kappa shape index (κ1) is 61.9. The van der Waals surface area contributed by atoms with E-state index in [4.69, 9.17) is 28.4 Å². The van der Waals surface area contributed by atoms with Crippen LogP contribution in [0.1, 0.15) is 56.9 Å². The highest BCUT2D eigenvalue weighted by atomic mass is 16.5. The molecule has 0 saturated heterocycles. The summed E-state index contributed by atoms with van der Waals surface area (Å²) in [6, 6.07) is 86.8. The third kappa shape index (κ3) is 11.6. The SMILES string of the molecule is C/C=C(\C=C/COC)N(c1ccc(OC)cc1)c1ccc2c(c1)C(C)(C)c1cc(N(c3ccc(OC)cc3)c3ccc(-c4ccc(N(c5ccc(OC)cc5)c5ccc6c(c5)C(C)(C)c5cc(N(c7ccc(OC)cc7)c7ccc(OC)cc7)ccc5-6)cc4)cc3)ccc1-2. The second-order valence-corrected chi connectivity index (χ2v) is 24.7. The normalized spacial score (nSPS) is 13.1. The molecule has 470 valence electrons. The van der Waals surface area contributed by atoms with Gasteiger partial charge in [-0.3, -0.25) is 0 Å². The van der Waals surface area contributed by atoms with Crippen molar-refractivity contribution in [2.75, 3.05) is 68.9 Å². The molecule has 0 fully saturated rings. The van der Waals surface area contributed by atoms with Gasteiger partial charge in [-0.2, -0.15) is 0 Å². The molecular formula is C84H78N4O6. The van der Waals surface area contributed by atoms with E-state index in [1.807, 2.05) is 66.7 Å². The number of nitrogens with zero attached hydrogens (tertiary/aromatic N) is 4. The smallest absolute Gasteiger partial charge is 0.119 e. The second kappa shape index (κ2) is 26.0. The van der Waals surface area contributed by atoms with Crippen molar-refractivity contribution < 1.29 is 28.4 Å². The first-order chi connectivity index (χ1) is 45.8. The van der Waals surface area contributed by atoms with Gasteiger partial charge < -0.3 is 48.0 Å². The molecule has 11 aromatic rings. The Morgan fingerprint density at radius 1 is 0.309 bits per heavy atom. The molecular weight excluding hydrogens is 1160 g/mol. The molecule has 2 aliphatic rings. The van der Waals surface area contributed by atoms with Crippen molar-refractivity contribution in [2.24, 2.45) is 0 Å². The molecule has 0 bridgehead atoms. The van der Waals surface area contributed by atoms with Gasteiger partial charge in [0.15, 0.2) is 0 Å². The van der Waals surface area contributed by atoms with Crippen molar-refractivity contribution >= 4 is 62.6 Å². The van der Waals surface area contributed by atoms with Crippen LogP contribution in [0.4, 0.5) is 62.6 Å². The van der Waals surface area contributed by atoms with Crippen LogP contribution < -0.4 is 43.3 Å². The second-order valence-electron chi connectivity index (χ2n) is 24.7. The Morgan fingerprint density at radius 2 is 0.553 bits per heavy atom. The van der Waals surface area contributed by atoms with E-state index in [2.05, 4.69) is 248 Å². The molecule has 0 heterocycles. The van der Waals surface area contributed by atoms with E-state index in [-0.39, 0.29) is 10.8 Å². The number of benzene rings is 11. The lowest BCUT2D eigenvalue weighted by Gasteiger charge is -2.29. The number of fused-ring (bicyclic) bond motifs is 6. The van der Waals surface area contributed by atoms with Gasteiger partial charge in [0.25, 0.3) is 0 Å². The van der Waals surface area contributed by atoms with Gasteiger partial charge in [-0.05, 0) is 263 Å². The molecule has 0 spiro atoms. The lowest BCUT2D eigenvalue weighted by Crippen LogP contribution is -2.19. The van der Waals surface area contributed by atoms with Gasteiger partial charge in [0, 0.05) is 86.2 Å². The van der Waals surface area contributed by atoms with Gasteiger partial charge >= 0.3 is 0 Å². The fourth-order valence-corrected chi connectivity index (χ4v) is 13.6. The van der Waals surface area contributed by atoms with Crippen molar-refractivity contribution in [1.29, 1.82) is 0 Å². The van der Waals surface area contributed by atoms with E-state index in [0.717, 1.165) is 108 Å². The van der Waals surface area contributed by atoms with Crippen molar-refractivity contribution in [1.82, 2.24) is 0 Å². The van der Waals surface area contributed by atoms with Crippen LogP contribution in [-0.4, -0.2) is 49.3 Å². The van der Waals surface area contributed by atoms with E-state index < -0.39 is 0 Å². The molecule has 0 unspecified atom stereocenters. The Bertz CT molecular complexity index is 4530. The summed E-state index contributed by atoms with van der Waals surface area (Å²) in [4.78, 5) is 9.27. The quantitative estimate of drug-likeness (QED) is 0.0650. The average Bonchev–Trinajstić information content (AvgIpc) is 1.57. The number of hydrogen-bond donors (Lipinski definition) is 0. The number of ether oxygens (including phenoxy) is 6. The van der Waals surface area contributed by atoms with Crippen LogP contribution in [0.3, 0.4) is 0 Å². The minimum Gasteiger partial charge on any atom is -0.497 e. The Hall–Kier alpha value is -10.9. The van der Waals surface area contributed by atoms with Crippen molar-refractivity contribution in [3.05, 3.63) is 289 Å². The number of hydrogen-bond acceptors (Lipinski definition) is 10. The van der Waals surface area contributed by atoms with Crippen LogP contribution >= 0.6 is 0 Å². The standard InChI is InChI=1S/C84H78N4O6/c1-12-58(14-13-51-89-6)85(61-23-37-70(90-7)38-24-61)66-33-47-75-76-48-34-67(53-80(76)83(2,3)79(75)52-66)86(62-25-39-71(91-8)40-26-62)59-19-15-56(16-20-59)57-17-21-60(22-18-57)87(63-27-41-72(92-9)42-28-63)68-35-49-77-78-50-36-69(55-82(78)84(4,5)81(77)54-68)88(64-29-43-73(93-10)44-30-64)65-31-45-74(94-11)46-32-65/h12-50,52-55H,51H2,1-11H3/b14-13-,58-12+. The van der Waals surface area contributed by atoms with Gasteiger partial charge in [0.05, 0.1) is 42.2 Å². The van der Waals surface area contributed by atoms with E-state index in [1.165, 1.54) is 44.5 Å². The minimum absolute atomic E-state index is 0.329. The minimum atomic E-state index is -0.331. The summed E-state index contributed by atoms with van der Waals surface area (Å²) in [6.07, 6.45) is 6.31. The van der Waals surface area contributed by atoms with Crippen LogP contribution in [0.2, 0.25) is 0 Å². The zero-order chi connectivity index (χ0) is 65.3. The molecule has 10 heteroatoms. The fourth-order valence-electron chi connectivity index (χ4n) is 13.6. The molecule has 94 heavy (non-hydrogen) atoms. The molecule has 0 aromatic heterocycles. The highest BCUT2D eigenvalue weighted by Gasteiger charge is 2.39. The van der Waals surface area contributed by atoms with Gasteiger partial charge in [0.2, 0.25) is 0 Å². The molecule has 13 rings (SSSR count). The van der Waals surface area contributed by atoms with E-state index in [1.54, 1.807) is 42.7 Å². The molecule has 0 atom stereocenters. The van der Waals surface area contributed by atoms with Crippen molar-refractivity contribution in [3.63, 3.8) is 0 Å². The van der Waals surface area contributed by atoms with Crippen LogP contribution in [0, 0.1) is 0 Å². The summed E-state index contributed by atoms with van der Waals surface area (Å²) in [5, 5.41) is 0. The third-order valence-electron chi connectivity index (χ3n) is 18.7. The maximum absolute atomic E-state index is 5.67. The average molecular weight is 1240 g/mol. The molecule has 0 saturated carbocycles. The number of rotatable bonds is 21. The summed E-state index contributed by atoms with van der Waals surface area (Å²) in [6.45, 7) is 12.0. The molecule has 0 radical (unpaired) electrons. The highest BCUT2D eigenvalue weighted by Crippen LogP contribution is 2.55. The summed E-state index contributed by atoms with van der Waals surface area (Å²) < 4.78 is 33.4. The van der Waals surface area contributed by atoms with E-state index in [0.29, 0.717) is 6.61 Å². The Kier molecular flexibility index (Phi) is 17.1. The predicted octanol–water partition coefficient (Wildman–Crippen LogP) is 21.7. The Balaban J connectivity index is 0.808. The molecule has 0 N–H and O–H groups in total. The monoisotopic (exact) mass is 1240 g/mol. The summed E-state index contributed by atoms with van der Waals surface area (Å²) >= 11 is 0. The maximum Gasteiger partial charge on any atom is 0.119 e. The van der Waals surface area contributed by atoms with Crippen LogP contribution in [0.5, 0.6) is 28.7 Å². The zero-order valence-electron chi connectivity index (χ0n) is 55.3. The van der Waals surface area contributed by atoms with Crippen LogP contribution in [0.25, 0.3) is 33.4 Å². The third-order valence-corrected chi connectivity index (χ3v) is 18.7.